The highest BCUT2D eigenvalue weighted by atomic mass is 35.5. The second-order valence-electron chi connectivity index (χ2n) is 20.2. The van der Waals surface area contributed by atoms with Crippen LogP contribution in [0.1, 0.15) is 130 Å². The molecule has 11 nitrogen and oxygen atoms in total. The van der Waals surface area contributed by atoms with Gasteiger partial charge in [-0.05, 0) is 144 Å². The third-order valence-electron chi connectivity index (χ3n) is 14.5. The molecule has 70 heavy (non-hydrogen) atoms. The van der Waals surface area contributed by atoms with E-state index in [1.807, 2.05) is 58.5 Å². The van der Waals surface area contributed by atoms with Gasteiger partial charge in [0.25, 0.3) is 0 Å². The summed E-state index contributed by atoms with van der Waals surface area (Å²) in [6.07, 6.45) is 13.1. The number of phenolic OH excluding ortho intramolecular Hbond substituents is 1. The summed E-state index contributed by atoms with van der Waals surface area (Å²) in [6, 6.07) is 18.0. The standard InChI is InChI=1S/C38H46O9.C19H24N2S.ClH/c1-21(2)11-10-18-36(8)19-17-24-29(39)28-30(40)26-12-9-13-27-35(6,7)47-37(34(43)44,20-16-23(5)33(41)42)38(26,27)46-32(28)25(31(24)45-36)15-14-22(3)4;1-4-20(5-2)15(3)14-21-16-10-6-8-12-18(16)22-19-13-9-7-11-17(19)21;/h11-12,14,16-17,19,27,39H,9-10,13,15,18,20H2,1-8H3,(H,41,42)(H,43,44);6-13,15H,4-5,14H2,1-3H3;1H. The van der Waals surface area contributed by atoms with Crippen LogP contribution >= 0.6 is 24.2 Å². The van der Waals surface area contributed by atoms with E-state index in [4.69, 9.17) is 14.2 Å². The van der Waals surface area contributed by atoms with Gasteiger partial charge in [-0.25, -0.2) is 9.59 Å². The van der Waals surface area contributed by atoms with Gasteiger partial charge >= 0.3 is 11.9 Å². The first kappa shape index (κ1) is 54.1. The monoisotopic (exact) mass is 994 g/mol. The van der Waals surface area contributed by atoms with Crippen LogP contribution in [0.4, 0.5) is 11.4 Å². The summed E-state index contributed by atoms with van der Waals surface area (Å²) in [7, 11) is 0. The van der Waals surface area contributed by atoms with E-state index in [2.05, 4.69) is 85.2 Å². The molecule has 0 bridgehead atoms. The molecule has 5 aliphatic rings. The van der Waals surface area contributed by atoms with Gasteiger partial charge in [-0.3, -0.25) is 9.69 Å². The molecule has 0 radical (unpaired) electrons. The number of halogens is 1. The van der Waals surface area contributed by atoms with E-state index in [9.17, 15) is 29.7 Å². The molecule has 376 valence electrons. The van der Waals surface area contributed by atoms with Gasteiger partial charge in [0.1, 0.15) is 28.4 Å². The summed E-state index contributed by atoms with van der Waals surface area (Å²) in [4.78, 5) is 47.8. The lowest BCUT2D eigenvalue weighted by atomic mass is 9.60. The van der Waals surface area contributed by atoms with Crippen LogP contribution in [-0.4, -0.2) is 86.0 Å². The third-order valence-corrected chi connectivity index (χ3v) is 15.6. The Bertz CT molecular complexity index is 2630. The highest BCUT2D eigenvalue weighted by molar-refractivity contribution is 7.99. The number of nitrogens with zero attached hydrogens (tertiary/aromatic N) is 2. The zero-order chi connectivity index (χ0) is 50.2. The first-order valence-electron chi connectivity index (χ1n) is 24.4. The van der Waals surface area contributed by atoms with Crippen molar-refractivity contribution in [2.45, 2.75) is 153 Å². The molecule has 8 rings (SSSR count). The lowest BCUT2D eigenvalue weighted by molar-refractivity contribution is -0.184. The number of aromatic hydroxyl groups is 1. The second-order valence-corrected chi connectivity index (χ2v) is 21.3. The van der Waals surface area contributed by atoms with Crippen molar-refractivity contribution >= 4 is 59.3 Å². The van der Waals surface area contributed by atoms with Crippen LogP contribution in [0.3, 0.4) is 0 Å². The largest absolute Gasteiger partial charge is 0.506 e. The molecule has 0 aromatic heterocycles. The number of phenols is 1. The Morgan fingerprint density at radius 3 is 2.09 bits per heavy atom. The van der Waals surface area contributed by atoms with Crippen molar-refractivity contribution in [1.29, 1.82) is 0 Å². The molecular formula is C57H71ClN2O9S. The number of allylic oxidation sites excluding steroid dienone is 5. The van der Waals surface area contributed by atoms with Gasteiger partial charge in [-0.2, -0.15) is 0 Å². The van der Waals surface area contributed by atoms with Gasteiger partial charge < -0.3 is 34.4 Å². The molecule has 3 aromatic carbocycles. The second kappa shape index (κ2) is 21.2. The van der Waals surface area contributed by atoms with Gasteiger partial charge in [0.15, 0.2) is 11.4 Å². The minimum atomic E-state index is -2.16. The Morgan fingerprint density at radius 2 is 1.51 bits per heavy atom. The van der Waals surface area contributed by atoms with E-state index in [1.165, 1.54) is 39.7 Å². The summed E-state index contributed by atoms with van der Waals surface area (Å²) >= 11 is 1.88. The van der Waals surface area contributed by atoms with Crippen molar-refractivity contribution in [1.82, 2.24) is 4.90 Å². The maximum atomic E-state index is 14.7. The maximum absolute atomic E-state index is 14.7. The molecule has 1 saturated heterocycles. The number of hydrogen-bond acceptors (Lipinski definition) is 10. The molecule has 5 unspecified atom stereocenters. The Labute approximate surface area is 424 Å². The number of para-hydroxylation sites is 2. The van der Waals surface area contributed by atoms with Crippen molar-refractivity contribution < 1.29 is 43.9 Å². The molecule has 13 heteroatoms. The van der Waals surface area contributed by atoms with E-state index in [1.54, 1.807) is 26.0 Å². The number of carboxylic acids is 2. The molecule has 3 N–H and O–H groups in total. The number of carbonyl (C=O) groups is 3. The van der Waals surface area contributed by atoms with Crippen molar-refractivity contribution in [2.24, 2.45) is 5.92 Å². The molecule has 3 aromatic rings. The third kappa shape index (κ3) is 9.86. The molecule has 4 aliphatic heterocycles. The van der Waals surface area contributed by atoms with Crippen molar-refractivity contribution in [3.05, 3.63) is 118 Å². The van der Waals surface area contributed by atoms with Gasteiger partial charge in [0.05, 0.1) is 22.5 Å². The fraction of sp³-hybridized carbons (Fsp3) is 0.456. The summed E-state index contributed by atoms with van der Waals surface area (Å²) in [5.41, 5.74) is 0.00783. The first-order valence-corrected chi connectivity index (χ1v) is 25.2. The number of Topliss-reactive ketones (excluding diaryl/α,β-unsaturated/α-hetero) is 1. The number of hydrogen-bond donors (Lipinski definition) is 3. The molecular weight excluding hydrogens is 924 g/mol. The smallest absolute Gasteiger partial charge is 0.340 e. The average Bonchev–Trinajstić information content (AvgIpc) is 3.50. The highest BCUT2D eigenvalue weighted by Gasteiger charge is 2.77. The summed E-state index contributed by atoms with van der Waals surface area (Å²) < 4.78 is 20.2. The molecule has 0 amide bonds. The number of ether oxygens (including phenoxy) is 3. The Morgan fingerprint density at radius 1 is 0.900 bits per heavy atom. The Kier molecular flexibility index (Phi) is 16.4. The molecule has 4 heterocycles. The lowest BCUT2D eigenvalue weighted by Gasteiger charge is -2.50. The molecule has 5 atom stereocenters. The van der Waals surface area contributed by atoms with E-state index in [-0.39, 0.29) is 47.0 Å². The fourth-order valence-electron chi connectivity index (χ4n) is 10.9. The predicted molar refractivity (Wildman–Crippen MR) is 282 cm³/mol. The molecule has 0 saturated carbocycles. The van der Waals surface area contributed by atoms with Gasteiger partial charge in [0.2, 0.25) is 5.60 Å². The lowest BCUT2D eigenvalue weighted by Crippen LogP contribution is -2.66. The number of carboxylic acid groups (broad SMARTS) is 2. The fourth-order valence-corrected chi connectivity index (χ4v) is 12.0. The molecule has 1 spiro atoms. The van der Waals surface area contributed by atoms with Crippen LogP contribution in [0.2, 0.25) is 0 Å². The number of benzene rings is 3. The number of likely N-dealkylation sites (N-methyl/N-ethyl adjacent to an activating group) is 1. The highest BCUT2D eigenvalue weighted by Crippen LogP contribution is 2.64. The van der Waals surface area contributed by atoms with Crippen molar-refractivity contribution in [3.63, 3.8) is 0 Å². The molecule has 1 aliphatic carbocycles. The van der Waals surface area contributed by atoms with Crippen LogP contribution < -0.4 is 14.4 Å². The SMILES string of the molecule is CC(C)=CCCC1(C)C=Cc2c(O)c3c(c(CC=C(C)C)c2O1)OC12C(=CCCC1C(C)(C)OC2(CC=C(C)C(=O)O)C(=O)O)C3=O.CCN(CC)C(C)CN1c2ccccc2Sc2ccccc21.Cl. The van der Waals surface area contributed by atoms with Crippen LogP contribution in [0, 0.1) is 5.92 Å². The predicted octanol–water partition coefficient (Wildman–Crippen LogP) is 13.0. The van der Waals surface area contributed by atoms with Gasteiger partial charge in [-0.15, -0.1) is 12.4 Å². The zero-order valence-corrected chi connectivity index (χ0v) is 44.2. The molecule has 1 fully saturated rings. The average molecular weight is 996 g/mol. The number of aliphatic carboxylic acids is 2. The zero-order valence-electron chi connectivity index (χ0n) is 42.6. The van der Waals surface area contributed by atoms with Crippen LogP contribution in [-0.2, 0) is 20.7 Å². The quantitative estimate of drug-likeness (QED) is 0.104. The van der Waals surface area contributed by atoms with E-state index in [0.29, 0.717) is 48.6 Å². The first-order chi connectivity index (χ1) is 32.6. The van der Waals surface area contributed by atoms with Crippen molar-refractivity contribution in [3.8, 4) is 17.2 Å². The normalized spacial score (nSPS) is 23.7. The van der Waals surface area contributed by atoms with Crippen molar-refractivity contribution in [2.75, 3.05) is 24.5 Å². The number of anilines is 2. The van der Waals surface area contributed by atoms with E-state index < -0.39 is 46.0 Å². The minimum Gasteiger partial charge on any atom is -0.506 e. The number of rotatable bonds is 14. The Balaban J connectivity index is 0.000000291. The van der Waals surface area contributed by atoms with E-state index >= 15 is 0 Å². The Hall–Kier alpha value is -5.27. The maximum Gasteiger partial charge on any atom is 0.340 e. The van der Waals surface area contributed by atoms with E-state index in [0.717, 1.165) is 31.6 Å². The summed E-state index contributed by atoms with van der Waals surface area (Å²) in [5, 5.41) is 32.4. The van der Waals surface area contributed by atoms with Crippen LogP contribution in [0.5, 0.6) is 17.2 Å². The topological polar surface area (TPSA) is 146 Å². The minimum absolute atomic E-state index is 0. The summed E-state index contributed by atoms with van der Waals surface area (Å²) in [5.74, 6) is -3.53. The van der Waals surface area contributed by atoms with Crippen LogP contribution in [0.25, 0.3) is 6.08 Å². The van der Waals surface area contributed by atoms with Gasteiger partial charge in [0, 0.05) is 51.4 Å². The van der Waals surface area contributed by atoms with Crippen LogP contribution in [0.15, 0.2) is 111 Å². The number of ketones is 1. The van der Waals surface area contributed by atoms with Gasteiger partial charge in [-0.1, -0.05) is 85.3 Å². The number of carbonyl (C=O) groups excluding carboxylic acids is 1. The number of fused-ring (bicyclic) bond motifs is 4. The summed E-state index contributed by atoms with van der Waals surface area (Å²) in [6.45, 7) is 24.9.